The minimum Gasteiger partial charge on any atom is -0.299 e. The van der Waals surface area contributed by atoms with E-state index in [1.807, 2.05) is 30.1 Å². The molecule has 0 aliphatic carbocycles. The average Bonchev–Trinajstić information content (AvgIpc) is 3.16. The second-order valence-corrected chi connectivity index (χ2v) is 6.54. The van der Waals surface area contributed by atoms with Gasteiger partial charge in [-0.1, -0.05) is 18.5 Å². The normalized spacial score (nSPS) is 16.4. The van der Waals surface area contributed by atoms with Gasteiger partial charge in [-0.25, -0.2) is 0 Å². The number of pyridine rings is 1. The van der Waals surface area contributed by atoms with Gasteiger partial charge in [-0.05, 0) is 42.3 Å². The number of aromatic nitrogens is 3. The average molecular weight is 353 g/mol. The summed E-state index contributed by atoms with van der Waals surface area (Å²) in [4.78, 5) is 19.1. The number of aryl methyl sites for hydroxylation is 1. The molecule has 0 fully saturated rings. The van der Waals surface area contributed by atoms with E-state index in [0.29, 0.717) is 10.6 Å². The molecule has 1 unspecified atom stereocenters. The highest BCUT2D eigenvalue weighted by molar-refractivity contribution is 6.31. The standard InChI is InChI=1S/C19H17ClN4O/c1-3-17-16-9-13(20)4-5-15(16)19(25)24(17)14-8-12(10-21-11-14)18-6-7-22-23(18)2/h4-11,17H,3H2,1-2H3. The maximum absolute atomic E-state index is 13.0. The van der Waals surface area contributed by atoms with Crippen molar-refractivity contribution in [1.82, 2.24) is 14.8 Å². The number of carbonyl (C=O) groups is 1. The predicted octanol–water partition coefficient (Wildman–Crippen LogP) is 4.25. The van der Waals surface area contributed by atoms with Crippen molar-refractivity contribution in [3.05, 3.63) is 65.1 Å². The molecule has 0 saturated carbocycles. The molecule has 0 bridgehead atoms. The first-order valence-corrected chi connectivity index (χ1v) is 8.54. The lowest BCUT2D eigenvalue weighted by molar-refractivity contribution is 0.0990. The molecule has 1 amide bonds. The van der Waals surface area contributed by atoms with Gasteiger partial charge in [-0.15, -0.1) is 0 Å². The Labute approximate surface area is 150 Å². The number of hydrogen-bond acceptors (Lipinski definition) is 3. The number of rotatable bonds is 3. The van der Waals surface area contributed by atoms with Crippen LogP contribution in [0.15, 0.2) is 48.9 Å². The fraction of sp³-hybridized carbons (Fsp3) is 0.211. The van der Waals surface area contributed by atoms with Crippen molar-refractivity contribution in [2.45, 2.75) is 19.4 Å². The lowest BCUT2D eigenvalue weighted by Gasteiger charge is -2.24. The Morgan fingerprint density at radius 1 is 1.20 bits per heavy atom. The maximum Gasteiger partial charge on any atom is 0.259 e. The number of anilines is 1. The molecular weight excluding hydrogens is 336 g/mol. The van der Waals surface area contributed by atoms with Crippen molar-refractivity contribution in [2.75, 3.05) is 4.90 Å². The lowest BCUT2D eigenvalue weighted by atomic mass is 10.0. The van der Waals surface area contributed by atoms with Crippen molar-refractivity contribution < 1.29 is 4.79 Å². The summed E-state index contributed by atoms with van der Waals surface area (Å²) < 4.78 is 1.79. The lowest BCUT2D eigenvalue weighted by Crippen LogP contribution is -2.27. The van der Waals surface area contributed by atoms with Crippen LogP contribution in [-0.2, 0) is 7.05 Å². The first-order chi connectivity index (χ1) is 12.1. The molecular formula is C19H17ClN4O. The van der Waals surface area contributed by atoms with Gasteiger partial charge in [-0.3, -0.25) is 19.4 Å². The highest BCUT2D eigenvalue weighted by Gasteiger charge is 2.37. The van der Waals surface area contributed by atoms with Crippen molar-refractivity contribution in [3.63, 3.8) is 0 Å². The molecule has 0 radical (unpaired) electrons. The van der Waals surface area contributed by atoms with Crippen LogP contribution >= 0.6 is 11.6 Å². The zero-order valence-corrected chi connectivity index (χ0v) is 14.7. The van der Waals surface area contributed by atoms with E-state index in [1.165, 1.54) is 0 Å². The smallest absolute Gasteiger partial charge is 0.259 e. The van der Waals surface area contributed by atoms with Crippen molar-refractivity contribution >= 4 is 23.2 Å². The van der Waals surface area contributed by atoms with E-state index in [-0.39, 0.29) is 11.9 Å². The van der Waals surface area contributed by atoms with Gasteiger partial charge >= 0.3 is 0 Å². The molecule has 1 aromatic carbocycles. The molecule has 1 atom stereocenters. The minimum absolute atomic E-state index is 0.0116. The zero-order valence-electron chi connectivity index (χ0n) is 14.0. The topological polar surface area (TPSA) is 51.0 Å². The number of benzene rings is 1. The molecule has 25 heavy (non-hydrogen) atoms. The Balaban J connectivity index is 1.80. The molecule has 126 valence electrons. The molecule has 5 nitrogen and oxygen atoms in total. The summed E-state index contributed by atoms with van der Waals surface area (Å²) in [5.41, 5.74) is 4.35. The Kier molecular flexibility index (Phi) is 3.81. The second kappa shape index (κ2) is 6.01. The second-order valence-electron chi connectivity index (χ2n) is 6.10. The van der Waals surface area contributed by atoms with E-state index >= 15 is 0 Å². The van der Waals surface area contributed by atoms with Crippen molar-refractivity contribution in [1.29, 1.82) is 0 Å². The maximum atomic E-state index is 13.0. The van der Waals surface area contributed by atoms with Gasteiger partial charge in [0.1, 0.15) is 0 Å². The molecule has 1 aliphatic heterocycles. The fourth-order valence-electron chi connectivity index (χ4n) is 3.47. The summed E-state index contributed by atoms with van der Waals surface area (Å²) in [5.74, 6) is -0.0116. The summed E-state index contributed by atoms with van der Waals surface area (Å²) in [7, 11) is 1.88. The summed E-state index contributed by atoms with van der Waals surface area (Å²) >= 11 is 6.15. The Morgan fingerprint density at radius 2 is 2.04 bits per heavy atom. The van der Waals surface area contributed by atoms with Gasteiger partial charge < -0.3 is 0 Å². The van der Waals surface area contributed by atoms with Crippen LogP contribution in [0.1, 0.15) is 35.3 Å². The fourth-order valence-corrected chi connectivity index (χ4v) is 3.65. The van der Waals surface area contributed by atoms with Crippen LogP contribution in [0.2, 0.25) is 5.02 Å². The van der Waals surface area contributed by atoms with Gasteiger partial charge in [0, 0.05) is 35.6 Å². The van der Waals surface area contributed by atoms with Crippen LogP contribution in [0.3, 0.4) is 0 Å². The third kappa shape index (κ3) is 2.51. The summed E-state index contributed by atoms with van der Waals surface area (Å²) in [5, 5.41) is 4.85. The third-order valence-electron chi connectivity index (χ3n) is 4.64. The van der Waals surface area contributed by atoms with Crippen LogP contribution in [0.25, 0.3) is 11.3 Å². The Morgan fingerprint density at radius 3 is 2.76 bits per heavy atom. The molecule has 6 heteroatoms. The molecule has 4 rings (SSSR count). The highest BCUT2D eigenvalue weighted by Crippen LogP contribution is 2.40. The van der Waals surface area contributed by atoms with Crippen LogP contribution in [0.5, 0.6) is 0 Å². The number of fused-ring (bicyclic) bond motifs is 1. The molecule has 3 aromatic rings. The number of carbonyl (C=O) groups excluding carboxylic acids is 1. The first-order valence-electron chi connectivity index (χ1n) is 8.16. The minimum atomic E-state index is -0.0372. The van der Waals surface area contributed by atoms with Crippen LogP contribution in [0.4, 0.5) is 5.69 Å². The number of nitrogens with zero attached hydrogens (tertiary/aromatic N) is 4. The quantitative estimate of drug-likeness (QED) is 0.708. The molecule has 0 spiro atoms. The van der Waals surface area contributed by atoms with E-state index in [1.54, 1.807) is 35.4 Å². The van der Waals surface area contributed by atoms with E-state index in [9.17, 15) is 4.79 Å². The van der Waals surface area contributed by atoms with Gasteiger partial charge in [0.2, 0.25) is 0 Å². The molecule has 0 saturated heterocycles. The molecule has 3 heterocycles. The predicted molar refractivity (Wildman–Crippen MR) is 97.7 cm³/mol. The summed E-state index contributed by atoms with van der Waals surface area (Å²) in [6, 6.07) is 9.34. The van der Waals surface area contributed by atoms with Crippen LogP contribution < -0.4 is 4.90 Å². The van der Waals surface area contributed by atoms with Gasteiger partial charge in [-0.2, -0.15) is 5.10 Å². The van der Waals surface area contributed by atoms with E-state index in [0.717, 1.165) is 28.9 Å². The molecule has 2 aromatic heterocycles. The van der Waals surface area contributed by atoms with Crippen LogP contribution in [0, 0.1) is 0 Å². The Hall–Kier alpha value is -2.66. The van der Waals surface area contributed by atoms with E-state index < -0.39 is 0 Å². The molecule has 0 N–H and O–H groups in total. The van der Waals surface area contributed by atoms with Crippen molar-refractivity contribution in [3.8, 4) is 11.3 Å². The highest BCUT2D eigenvalue weighted by atomic mass is 35.5. The number of amides is 1. The van der Waals surface area contributed by atoms with Gasteiger partial charge in [0.05, 0.1) is 23.6 Å². The van der Waals surface area contributed by atoms with Gasteiger partial charge in [0.25, 0.3) is 5.91 Å². The largest absolute Gasteiger partial charge is 0.299 e. The third-order valence-corrected chi connectivity index (χ3v) is 4.87. The SMILES string of the molecule is CCC1c2cc(Cl)ccc2C(=O)N1c1cncc(-c2ccnn2C)c1. The summed E-state index contributed by atoms with van der Waals surface area (Å²) in [6.45, 7) is 2.07. The first kappa shape index (κ1) is 15.8. The Bertz CT molecular complexity index is 966. The van der Waals surface area contributed by atoms with Gasteiger partial charge in [0.15, 0.2) is 0 Å². The number of halogens is 1. The summed E-state index contributed by atoms with van der Waals surface area (Å²) in [6.07, 6.45) is 6.06. The monoisotopic (exact) mass is 352 g/mol. The van der Waals surface area contributed by atoms with E-state index in [2.05, 4.69) is 17.0 Å². The number of hydrogen-bond donors (Lipinski definition) is 0. The zero-order chi connectivity index (χ0) is 17.6. The van der Waals surface area contributed by atoms with Crippen LogP contribution in [-0.4, -0.2) is 20.7 Å². The van der Waals surface area contributed by atoms with E-state index in [4.69, 9.17) is 11.6 Å². The molecule has 1 aliphatic rings. The van der Waals surface area contributed by atoms with Crippen molar-refractivity contribution in [2.24, 2.45) is 7.05 Å².